The lowest BCUT2D eigenvalue weighted by Crippen LogP contribution is -2.18. The second kappa shape index (κ2) is 7.39. The molecule has 2 heterocycles. The van der Waals surface area contributed by atoms with Gasteiger partial charge in [0.1, 0.15) is 5.69 Å². The van der Waals surface area contributed by atoms with Crippen molar-refractivity contribution in [2.24, 2.45) is 0 Å². The molecule has 0 aliphatic carbocycles. The van der Waals surface area contributed by atoms with Crippen molar-refractivity contribution in [3.05, 3.63) is 88.0 Å². The molecule has 2 aromatic rings. The zero-order valence-electron chi connectivity index (χ0n) is 16.6. The van der Waals surface area contributed by atoms with Crippen LogP contribution in [0.3, 0.4) is 0 Å². The number of anilines is 1. The van der Waals surface area contributed by atoms with Crippen molar-refractivity contribution in [1.29, 1.82) is 0 Å². The summed E-state index contributed by atoms with van der Waals surface area (Å²) in [5, 5.41) is 7.47. The van der Waals surface area contributed by atoms with E-state index < -0.39 is 0 Å². The fraction of sp³-hybridized carbons (Fsp3) is 0.174. The molecular weight excluding hydrogens is 364 g/mol. The van der Waals surface area contributed by atoms with Crippen LogP contribution >= 0.6 is 0 Å². The van der Waals surface area contributed by atoms with Gasteiger partial charge in [0.15, 0.2) is 0 Å². The van der Waals surface area contributed by atoms with Crippen molar-refractivity contribution in [1.82, 2.24) is 14.3 Å². The molecule has 1 amide bonds. The average Bonchev–Trinajstić information content (AvgIpc) is 3.07. The predicted octanol–water partition coefficient (Wildman–Crippen LogP) is 4.03. The number of benzene rings is 2. The molecule has 146 valence electrons. The molecule has 4 rings (SSSR count). The maximum absolute atomic E-state index is 13.1. The van der Waals surface area contributed by atoms with Crippen molar-refractivity contribution in [2.45, 2.75) is 27.3 Å². The van der Waals surface area contributed by atoms with E-state index >= 15 is 0 Å². The van der Waals surface area contributed by atoms with Gasteiger partial charge in [-0.1, -0.05) is 30.3 Å². The second-order valence-corrected chi connectivity index (χ2v) is 7.09. The standard InChI is InChI=1S/C23H22N4O2/c1-4-26-13-18(22(28)24-20-12-15(2)10-11-16(20)3)21-19(14-26)23(29)27(25-21)17-8-6-5-7-9-17/h5-14H,4H2,1-3H3,(H,24,28). The van der Waals surface area contributed by atoms with Crippen LogP contribution in [0.25, 0.3) is 16.9 Å². The molecular formula is C23H22N4O2. The summed E-state index contributed by atoms with van der Waals surface area (Å²) < 4.78 is 3.18. The Bertz CT molecular complexity index is 1220. The topological polar surface area (TPSA) is 68.9 Å². The lowest BCUT2D eigenvalue weighted by molar-refractivity contribution is 0.102. The van der Waals surface area contributed by atoms with Gasteiger partial charge in [-0.2, -0.15) is 9.78 Å². The molecule has 0 saturated heterocycles. The molecule has 0 aromatic heterocycles. The van der Waals surface area contributed by atoms with E-state index in [0.29, 0.717) is 29.1 Å². The van der Waals surface area contributed by atoms with Crippen LogP contribution in [0, 0.1) is 13.8 Å². The number of para-hydroxylation sites is 1. The molecule has 0 fully saturated rings. The summed E-state index contributed by atoms with van der Waals surface area (Å²) in [6, 6.07) is 15.1. The Hall–Kier alpha value is -3.67. The summed E-state index contributed by atoms with van der Waals surface area (Å²) in [6.07, 6.45) is 3.49. The van der Waals surface area contributed by atoms with E-state index in [1.54, 1.807) is 12.4 Å². The molecule has 2 aliphatic heterocycles. The molecule has 1 N–H and O–H groups in total. The van der Waals surface area contributed by atoms with Gasteiger partial charge in [-0.05, 0) is 50.1 Å². The third-order valence-electron chi connectivity index (χ3n) is 4.97. The Morgan fingerprint density at radius 2 is 1.83 bits per heavy atom. The number of carbonyl (C=O) groups excluding carboxylic acids is 1. The Kier molecular flexibility index (Phi) is 4.76. The highest BCUT2D eigenvalue weighted by Gasteiger charge is 2.24. The van der Waals surface area contributed by atoms with E-state index in [9.17, 15) is 9.59 Å². The number of fused-ring (bicyclic) bond motifs is 1. The third-order valence-corrected chi connectivity index (χ3v) is 4.97. The SMILES string of the molecule is CCn1cc(C(=O)Nc2cc(C)ccc2C)c2nn(-c3ccccc3)c(=O)c-2c1. The molecule has 29 heavy (non-hydrogen) atoms. The number of aromatic nitrogens is 3. The molecule has 0 bridgehead atoms. The summed E-state index contributed by atoms with van der Waals surface area (Å²) in [7, 11) is 0. The quantitative estimate of drug-likeness (QED) is 0.576. The Morgan fingerprint density at radius 1 is 1.07 bits per heavy atom. The molecule has 0 spiro atoms. The third kappa shape index (κ3) is 3.45. The van der Waals surface area contributed by atoms with Crippen LogP contribution in [0.5, 0.6) is 0 Å². The predicted molar refractivity (Wildman–Crippen MR) is 114 cm³/mol. The maximum atomic E-state index is 13.1. The number of nitrogens with zero attached hydrogens (tertiary/aromatic N) is 3. The van der Waals surface area contributed by atoms with Crippen LogP contribution in [-0.4, -0.2) is 20.3 Å². The molecule has 0 radical (unpaired) electrons. The van der Waals surface area contributed by atoms with Gasteiger partial charge in [0.05, 0.1) is 16.8 Å². The second-order valence-electron chi connectivity index (χ2n) is 7.09. The smallest absolute Gasteiger partial charge is 0.282 e. The van der Waals surface area contributed by atoms with Gasteiger partial charge in [-0.25, -0.2) is 0 Å². The van der Waals surface area contributed by atoms with E-state index in [1.165, 1.54) is 4.68 Å². The minimum absolute atomic E-state index is 0.241. The lowest BCUT2D eigenvalue weighted by Gasteiger charge is -2.13. The summed E-state index contributed by atoms with van der Waals surface area (Å²) in [4.78, 5) is 26.1. The van der Waals surface area contributed by atoms with Crippen molar-refractivity contribution in [3.63, 3.8) is 0 Å². The van der Waals surface area contributed by atoms with Crippen molar-refractivity contribution in [3.8, 4) is 16.9 Å². The number of carbonyl (C=O) groups is 1. The first-order chi connectivity index (χ1) is 14.0. The monoisotopic (exact) mass is 386 g/mol. The largest absolute Gasteiger partial charge is 0.353 e. The summed E-state index contributed by atoms with van der Waals surface area (Å²) in [5.74, 6) is -0.288. The number of hydrogen-bond acceptors (Lipinski definition) is 3. The highest BCUT2D eigenvalue weighted by Crippen LogP contribution is 2.24. The number of nitrogens with one attached hydrogen (secondary N) is 1. The first kappa shape index (κ1) is 18.7. The molecule has 2 aromatic carbocycles. The van der Waals surface area contributed by atoms with Crippen LogP contribution in [0.4, 0.5) is 5.69 Å². The van der Waals surface area contributed by atoms with Gasteiger partial charge in [0.25, 0.3) is 11.5 Å². The number of hydrogen-bond donors (Lipinski definition) is 1. The number of amides is 1. The molecule has 2 aliphatic rings. The zero-order valence-corrected chi connectivity index (χ0v) is 16.6. The van der Waals surface area contributed by atoms with Crippen LogP contribution < -0.4 is 10.9 Å². The number of pyridine rings is 1. The summed E-state index contributed by atoms with van der Waals surface area (Å²) >= 11 is 0. The molecule has 0 atom stereocenters. The van der Waals surface area contributed by atoms with E-state index in [2.05, 4.69) is 10.4 Å². The van der Waals surface area contributed by atoms with E-state index in [4.69, 9.17) is 0 Å². The summed E-state index contributed by atoms with van der Waals surface area (Å²) in [5.41, 5.74) is 4.39. The van der Waals surface area contributed by atoms with Crippen LogP contribution in [0.1, 0.15) is 28.4 Å². The Morgan fingerprint density at radius 3 is 2.55 bits per heavy atom. The molecule has 6 heteroatoms. The highest BCUT2D eigenvalue weighted by molar-refractivity contribution is 6.08. The fourth-order valence-electron chi connectivity index (χ4n) is 3.31. The Balaban J connectivity index is 1.84. The van der Waals surface area contributed by atoms with E-state index in [1.807, 2.05) is 73.9 Å². The minimum Gasteiger partial charge on any atom is -0.353 e. The fourth-order valence-corrected chi connectivity index (χ4v) is 3.31. The first-order valence-electron chi connectivity index (χ1n) is 9.54. The molecule has 0 saturated carbocycles. The van der Waals surface area contributed by atoms with Gasteiger partial charge in [0.2, 0.25) is 0 Å². The highest BCUT2D eigenvalue weighted by atomic mass is 16.2. The minimum atomic E-state index is -0.288. The molecule has 0 unspecified atom stereocenters. The average molecular weight is 386 g/mol. The zero-order chi connectivity index (χ0) is 20.5. The maximum Gasteiger partial charge on any atom is 0.282 e. The van der Waals surface area contributed by atoms with Gasteiger partial charge in [0, 0.05) is 24.6 Å². The van der Waals surface area contributed by atoms with Crippen LogP contribution in [0.2, 0.25) is 0 Å². The summed E-state index contributed by atoms with van der Waals surface area (Å²) in [6.45, 7) is 6.52. The number of aryl methyl sites for hydroxylation is 3. The molecule has 6 nitrogen and oxygen atoms in total. The van der Waals surface area contributed by atoms with Crippen molar-refractivity contribution in [2.75, 3.05) is 5.32 Å². The van der Waals surface area contributed by atoms with Crippen molar-refractivity contribution >= 4 is 11.6 Å². The van der Waals surface area contributed by atoms with E-state index in [-0.39, 0.29) is 11.5 Å². The Labute approximate surface area is 168 Å². The van der Waals surface area contributed by atoms with E-state index in [0.717, 1.165) is 16.8 Å². The first-order valence-corrected chi connectivity index (χ1v) is 9.54. The van der Waals surface area contributed by atoms with Gasteiger partial charge < -0.3 is 9.88 Å². The lowest BCUT2D eigenvalue weighted by atomic mass is 10.1. The van der Waals surface area contributed by atoms with Gasteiger partial charge >= 0.3 is 0 Å². The van der Waals surface area contributed by atoms with Gasteiger partial charge in [-0.15, -0.1) is 0 Å². The normalized spacial score (nSPS) is 11.0. The van der Waals surface area contributed by atoms with Crippen LogP contribution in [0.15, 0.2) is 65.7 Å². The van der Waals surface area contributed by atoms with Gasteiger partial charge in [-0.3, -0.25) is 9.59 Å². The van der Waals surface area contributed by atoms with Crippen molar-refractivity contribution < 1.29 is 4.79 Å². The number of rotatable bonds is 4. The van der Waals surface area contributed by atoms with Crippen LogP contribution in [-0.2, 0) is 6.54 Å².